The van der Waals surface area contributed by atoms with Crippen molar-refractivity contribution in [3.05, 3.63) is 58.9 Å². The number of aromatic nitrogens is 2. The lowest BCUT2D eigenvalue weighted by Crippen LogP contribution is -2.00. The van der Waals surface area contributed by atoms with Crippen LogP contribution in [0.15, 0.2) is 33.9 Å². The Morgan fingerprint density at radius 3 is 1.86 bits per heavy atom. The minimum atomic E-state index is -0.750. The smallest absolute Gasteiger partial charge is 0.307 e. The number of rotatable bonds is 3. The van der Waals surface area contributed by atoms with Crippen LogP contribution in [0.5, 0.6) is 17.5 Å². The van der Waals surface area contributed by atoms with Gasteiger partial charge in [0.05, 0.1) is 15.7 Å². The minimum absolute atomic E-state index is 0.00718. The summed E-state index contributed by atoms with van der Waals surface area (Å²) in [5, 5.41) is 29.5. The summed E-state index contributed by atoms with van der Waals surface area (Å²) in [5.41, 5.74) is 0.524. The Hall–Kier alpha value is -2.52. The predicted octanol–water partition coefficient (Wildman–Crippen LogP) is 1.48. The minimum Gasteiger partial charge on any atom is -0.508 e. The first kappa shape index (κ1) is 14.4. The molecule has 0 fully saturated rings. The van der Waals surface area contributed by atoms with Crippen LogP contribution >= 0.6 is 22.7 Å². The second kappa shape index (κ2) is 5.35. The first-order valence-electron chi connectivity index (χ1n) is 6.08. The van der Waals surface area contributed by atoms with Gasteiger partial charge in [-0.2, -0.15) is 0 Å². The maximum absolute atomic E-state index is 11.5. The third-order valence-electron chi connectivity index (χ3n) is 3.04. The Morgan fingerprint density at radius 1 is 0.909 bits per heavy atom. The largest absolute Gasteiger partial charge is 0.508 e. The predicted molar refractivity (Wildman–Crippen MR) is 82.3 cm³/mol. The highest BCUT2D eigenvalue weighted by molar-refractivity contribution is 7.11. The Bertz CT molecular complexity index is 882. The van der Waals surface area contributed by atoms with Gasteiger partial charge in [0.15, 0.2) is 0 Å². The summed E-state index contributed by atoms with van der Waals surface area (Å²) in [4.78, 5) is 27.0. The van der Waals surface area contributed by atoms with Crippen molar-refractivity contribution in [2.75, 3.05) is 0 Å². The van der Waals surface area contributed by atoms with E-state index in [1.54, 1.807) is 12.1 Å². The highest BCUT2D eigenvalue weighted by Crippen LogP contribution is 2.42. The van der Waals surface area contributed by atoms with E-state index in [4.69, 9.17) is 0 Å². The molecule has 0 saturated carbocycles. The lowest BCUT2D eigenvalue weighted by atomic mass is 9.96. The lowest BCUT2D eigenvalue weighted by Gasteiger charge is -2.14. The lowest BCUT2D eigenvalue weighted by molar-refractivity contribution is 0.442. The summed E-state index contributed by atoms with van der Waals surface area (Å²) < 4.78 is 0. The highest BCUT2D eigenvalue weighted by Gasteiger charge is 2.28. The Kier molecular flexibility index (Phi) is 3.51. The topological polar surface area (TPSA) is 126 Å². The Balaban J connectivity index is 2.27. The van der Waals surface area contributed by atoms with Gasteiger partial charge in [-0.05, 0) is 17.7 Å². The van der Waals surface area contributed by atoms with Crippen molar-refractivity contribution < 1.29 is 15.3 Å². The van der Waals surface area contributed by atoms with Gasteiger partial charge >= 0.3 is 9.75 Å². The number of hydrogen-bond donors (Lipinski definition) is 5. The molecule has 3 aromatic rings. The molecule has 2 heterocycles. The number of hydrogen-bond acceptors (Lipinski definition) is 7. The van der Waals surface area contributed by atoms with Crippen molar-refractivity contribution in [3.8, 4) is 17.5 Å². The maximum atomic E-state index is 11.5. The first-order chi connectivity index (χ1) is 10.5. The van der Waals surface area contributed by atoms with Crippen LogP contribution in [0.4, 0.5) is 0 Å². The molecule has 0 amide bonds. The molecule has 0 saturated heterocycles. The molecule has 5 N–H and O–H groups in total. The van der Waals surface area contributed by atoms with Gasteiger partial charge in [0.2, 0.25) is 11.8 Å². The molecule has 22 heavy (non-hydrogen) atoms. The molecular weight excluding hydrogens is 328 g/mol. The van der Waals surface area contributed by atoms with Crippen LogP contribution in [0.25, 0.3) is 0 Å². The fourth-order valence-electron chi connectivity index (χ4n) is 2.18. The van der Waals surface area contributed by atoms with Crippen LogP contribution in [-0.4, -0.2) is 25.3 Å². The van der Waals surface area contributed by atoms with Crippen molar-refractivity contribution in [1.82, 2.24) is 9.97 Å². The quantitative estimate of drug-likeness (QED) is 0.494. The van der Waals surface area contributed by atoms with Crippen molar-refractivity contribution in [3.63, 3.8) is 0 Å². The number of phenolic OH excluding ortho intramolecular Hbond substituents is 1. The van der Waals surface area contributed by atoms with E-state index in [1.807, 2.05) is 0 Å². The molecule has 0 radical (unpaired) electrons. The average Bonchev–Trinajstić information content (AvgIpc) is 2.93. The summed E-state index contributed by atoms with van der Waals surface area (Å²) >= 11 is 1.55. The number of H-pyrrole nitrogens is 2. The number of benzene rings is 1. The molecule has 0 bridgehead atoms. The van der Waals surface area contributed by atoms with Gasteiger partial charge in [-0.25, -0.2) is 0 Å². The highest BCUT2D eigenvalue weighted by atomic mass is 32.1. The van der Waals surface area contributed by atoms with Gasteiger partial charge in [0.25, 0.3) is 0 Å². The zero-order valence-corrected chi connectivity index (χ0v) is 12.5. The van der Waals surface area contributed by atoms with Gasteiger partial charge in [-0.1, -0.05) is 34.8 Å². The Morgan fingerprint density at radius 2 is 1.45 bits per heavy atom. The van der Waals surface area contributed by atoms with Crippen molar-refractivity contribution in [1.29, 1.82) is 0 Å². The van der Waals surface area contributed by atoms with E-state index < -0.39 is 15.7 Å². The number of aromatic hydroxyl groups is 3. The van der Waals surface area contributed by atoms with E-state index >= 15 is 0 Å². The van der Waals surface area contributed by atoms with Crippen molar-refractivity contribution in [2.24, 2.45) is 0 Å². The standard InChI is InChI=1S/C13H10N2O5S2/c16-6-3-1-2-5(4-6)7(8-10(17)14-12(19)21-8)9-11(18)15-13(20)22-9/h1-4,7,16-18H,(H,14,19)(H,15,20). The van der Waals surface area contributed by atoms with E-state index in [9.17, 15) is 24.9 Å². The van der Waals surface area contributed by atoms with Crippen LogP contribution in [0.1, 0.15) is 21.2 Å². The third kappa shape index (κ3) is 2.51. The molecule has 0 spiro atoms. The third-order valence-corrected chi connectivity index (χ3v) is 4.91. The molecule has 0 unspecified atom stereocenters. The summed E-state index contributed by atoms with van der Waals surface area (Å²) in [7, 11) is 0. The number of thiazole rings is 2. The zero-order chi connectivity index (χ0) is 15.9. The van der Waals surface area contributed by atoms with Crippen LogP contribution in [0.2, 0.25) is 0 Å². The number of aromatic amines is 2. The van der Waals surface area contributed by atoms with Crippen LogP contribution < -0.4 is 9.75 Å². The Labute approximate surface area is 130 Å². The normalized spacial score (nSPS) is 11.1. The molecule has 7 nitrogen and oxygen atoms in total. The van der Waals surface area contributed by atoms with E-state index in [2.05, 4.69) is 9.97 Å². The molecule has 0 aliphatic carbocycles. The summed E-state index contributed by atoms with van der Waals surface area (Å²) in [6.45, 7) is 0. The fraction of sp³-hybridized carbons (Fsp3) is 0.0769. The van der Waals surface area contributed by atoms with Gasteiger partial charge in [-0.3, -0.25) is 19.6 Å². The average molecular weight is 338 g/mol. The molecule has 0 aliphatic heterocycles. The van der Waals surface area contributed by atoms with Gasteiger partial charge in [0.1, 0.15) is 5.75 Å². The molecule has 3 rings (SSSR count). The number of nitrogens with one attached hydrogen (secondary N) is 2. The summed E-state index contributed by atoms with van der Waals surface area (Å²) in [6, 6.07) is 6.17. The van der Waals surface area contributed by atoms with Gasteiger partial charge in [0, 0.05) is 0 Å². The molecule has 9 heteroatoms. The van der Waals surface area contributed by atoms with Crippen LogP contribution in [0.3, 0.4) is 0 Å². The van der Waals surface area contributed by atoms with E-state index in [1.165, 1.54) is 12.1 Å². The zero-order valence-electron chi connectivity index (χ0n) is 10.9. The first-order valence-corrected chi connectivity index (χ1v) is 7.72. The maximum Gasteiger partial charge on any atom is 0.307 e. The summed E-state index contributed by atoms with van der Waals surface area (Å²) in [6.07, 6.45) is 0. The van der Waals surface area contributed by atoms with Crippen LogP contribution in [0, 0.1) is 0 Å². The van der Waals surface area contributed by atoms with E-state index in [-0.39, 0.29) is 27.3 Å². The van der Waals surface area contributed by atoms with Crippen molar-refractivity contribution in [2.45, 2.75) is 5.92 Å². The second-order valence-electron chi connectivity index (χ2n) is 4.48. The number of phenols is 1. The SMILES string of the molecule is O=c1[nH]c(O)c(C(c2cccc(O)c2)c2sc(=O)[nH]c2O)s1. The summed E-state index contributed by atoms with van der Waals surface area (Å²) in [5.74, 6) is -1.42. The molecule has 0 aliphatic rings. The van der Waals surface area contributed by atoms with E-state index in [0.717, 1.165) is 22.7 Å². The molecule has 114 valence electrons. The van der Waals surface area contributed by atoms with E-state index in [0.29, 0.717) is 5.56 Å². The van der Waals surface area contributed by atoms with Gasteiger partial charge in [-0.15, -0.1) is 0 Å². The molecule has 0 atom stereocenters. The van der Waals surface area contributed by atoms with Crippen molar-refractivity contribution >= 4 is 22.7 Å². The molecule has 2 aromatic heterocycles. The second-order valence-corrected chi connectivity index (χ2v) is 6.51. The van der Waals surface area contributed by atoms with Gasteiger partial charge < -0.3 is 15.3 Å². The monoisotopic (exact) mass is 338 g/mol. The fourth-order valence-corrected chi connectivity index (χ4v) is 3.99. The molecule has 1 aromatic carbocycles. The molecular formula is C13H10N2O5S2. The van der Waals surface area contributed by atoms with Crippen LogP contribution in [-0.2, 0) is 0 Å².